The van der Waals surface area contributed by atoms with Gasteiger partial charge in [-0.25, -0.2) is 0 Å². The molecule has 0 aromatic heterocycles. The Balaban J connectivity index is 1.81. The fraction of sp³-hybridized carbons (Fsp3) is 0.0909. The number of benzene rings is 3. The Labute approximate surface area is 148 Å². The standard InChI is InChI=1S/C22H20NOP/c24-25(19-12-3-1-4-13-19,20-14-5-2-6-15-20)23-22-17-9-11-18-10-7-8-16-21(18)22/h1-8,10,12-17H,9,11H2,(H,23,24). The second-order valence-electron chi connectivity index (χ2n) is 6.21. The number of allylic oxidation sites excluding steroid dienone is 1. The van der Waals surface area contributed by atoms with Gasteiger partial charge in [-0.15, -0.1) is 0 Å². The van der Waals surface area contributed by atoms with Crippen LogP contribution in [0.4, 0.5) is 0 Å². The third kappa shape index (κ3) is 3.06. The first-order valence-corrected chi connectivity index (χ1v) is 10.3. The van der Waals surface area contributed by atoms with Crippen LogP contribution in [0, 0.1) is 0 Å². The van der Waals surface area contributed by atoms with Gasteiger partial charge in [-0.3, -0.25) is 4.57 Å². The van der Waals surface area contributed by atoms with Crippen LogP contribution in [0.3, 0.4) is 0 Å². The van der Waals surface area contributed by atoms with E-state index in [0.717, 1.165) is 34.7 Å². The van der Waals surface area contributed by atoms with E-state index >= 15 is 0 Å². The highest BCUT2D eigenvalue weighted by molar-refractivity contribution is 7.77. The minimum absolute atomic E-state index is 0.824. The van der Waals surface area contributed by atoms with Crippen LogP contribution in [0.15, 0.2) is 91.0 Å². The zero-order valence-electron chi connectivity index (χ0n) is 13.9. The predicted octanol–water partition coefficient (Wildman–Crippen LogP) is 4.49. The molecule has 0 saturated carbocycles. The Kier molecular flexibility index (Phi) is 4.29. The maximum Gasteiger partial charge on any atom is 0.227 e. The summed E-state index contributed by atoms with van der Waals surface area (Å²) in [5, 5.41) is 5.09. The molecule has 0 heterocycles. The van der Waals surface area contributed by atoms with Crippen molar-refractivity contribution >= 4 is 23.6 Å². The SMILES string of the molecule is O=P(NC1=CCCc2ccccc21)(c1ccccc1)c1ccccc1. The number of hydrogen-bond donors (Lipinski definition) is 1. The summed E-state index contributed by atoms with van der Waals surface area (Å²) >= 11 is 0. The topological polar surface area (TPSA) is 29.1 Å². The van der Waals surface area contributed by atoms with Crippen molar-refractivity contribution in [3.05, 3.63) is 102 Å². The Morgan fingerprint density at radius 3 is 1.92 bits per heavy atom. The molecule has 2 nitrogen and oxygen atoms in total. The van der Waals surface area contributed by atoms with Gasteiger partial charge in [0.15, 0.2) is 0 Å². The zero-order valence-corrected chi connectivity index (χ0v) is 14.8. The molecule has 3 aromatic rings. The Bertz CT molecular complexity index is 905. The molecule has 0 amide bonds. The summed E-state index contributed by atoms with van der Waals surface area (Å²) in [7, 11) is -2.97. The van der Waals surface area contributed by atoms with E-state index in [-0.39, 0.29) is 0 Å². The van der Waals surface area contributed by atoms with E-state index in [1.54, 1.807) is 0 Å². The first kappa shape index (κ1) is 15.9. The van der Waals surface area contributed by atoms with Gasteiger partial charge in [0.2, 0.25) is 7.29 Å². The molecule has 0 atom stereocenters. The number of aryl methyl sites for hydroxylation is 1. The minimum atomic E-state index is -2.97. The fourth-order valence-corrected chi connectivity index (χ4v) is 5.60. The molecule has 1 N–H and O–H groups in total. The van der Waals surface area contributed by atoms with Crippen LogP contribution in [-0.2, 0) is 11.0 Å². The van der Waals surface area contributed by atoms with E-state index in [9.17, 15) is 4.57 Å². The summed E-state index contributed by atoms with van der Waals surface area (Å²) in [4.78, 5) is 0. The molecule has 25 heavy (non-hydrogen) atoms. The summed E-state index contributed by atoms with van der Waals surface area (Å²) in [6.45, 7) is 0. The van der Waals surface area contributed by atoms with Crippen LogP contribution in [0.25, 0.3) is 5.70 Å². The summed E-state index contributed by atoms with van der Waals surface area (Å²) < 4.78 is 14.1. The second kappa shape index (κ2) is 6.74. The molecule has 3 heteroatoms. The van der Waals surface area contributed by atoms with Gasteiger partial charge < -0.3 is 5.09 Å². The first-order valence-electron chi connectivity index (χ1n) is 8.55. The lowest BCUT2D eigenvalue weighted by Gasteiger charge is -2.26. The fourth-order valence-electron chi connectivity index (χ4n) is 3.31. The Morgan fingerprint density at radius 2 is 1.28 bits per heavy atom. The average molecular weight is 345 g/mol. The van der Waals surface area contributed by atoms with Gasteiger partial charge >= 0.3 is 0 Å². The van der Waals surface area contributed by atoms with Gasteiger partial charge in [0.25, 0.3) is 0 Å². The molecular formula is C22H20NOP. The number of nitrogens with one attached hydrogen (secondary N) is 1. The third-order valence-electron chi connectivity index (χ3n) is 4.59. The van der Waals surface area contributed by atoms with Crippen molar-refractivity contribution in [1.29, 1.82) is 0 Å². The van der Waals surface area contributed by atoms with E-state index in [2.05, 4.69) is 29.4 Å². The minimum Gasteiger partial charge on any atom is -0.329 e. The highest BCUT2D eigenvalue weighted by Crippen LogP contribution is 2.42. The molecule has 124 valence electrons. The smallest absolute Gasteiger partial charge is 0.227 e. The summed E-state index contributed by atoms with van der Waals surface area (Å²) in [5.41, 5.74) is 3.43. The highest BCUT2D eigenvalue weighted by Gasteiger charge is 2.29. The molecular weight excluding hydrogens is 325 g/mol. The molecule has 3 aromatic carbocycles. The van der Waals surface area contributed by atoms with Crippen LogP contribution in [0.2, 0.25) is 0 Å². The number of fused-ring (bicyclic) bond motifs is 1. The zero-order chi connectivity index (χ0) is 17.1. The second-order valence-corrected chi connectivity index (χ2v) is 8.68. The lowest BCUT2D eigenvalue weighted by atomic mass is 9.95. The maximum absolute atomic E-state index is 14.1. The van der Waals surface area contributed by atoms with E-state index in [1.807, 2.05) is 66.7 Å². The average Bonchev–Trinajstić information content (AvgIpc) is 2.69. The van der Waals surface area contributed by atoms with Crippen molar-refractivity contribution in [1.82, 2.24) is 5.09 Å². The lowest BCUT2D eigenvalue weighted by molar-refractivity contribution is 0.584. The van der Waals surface area contributed by atoms with Gasteiger partial charge in [-0.05, 0) is 42.7 Å². The molecule has 0 fully saturated rings. The predicted molar refractivity (Wildman–Crippen MR) is 106 cm³/mol. The lowest BCUT2D eigenvalue weighted by Crippen LogP contribution is -2.27. The van der Waals surface area contributed by atoms with Gasteiger partial charge in [-0.1, -0.05) is 66.7 Å². The van der Waals surface area contributed by atoms with Crippen molar-refractivity contribution in [2.45, 2.75) is 12.8 Å². The van der Waals surface area contributed by atoms with Gasteiger partial charge in [-0.2, -0.15) is 0 Å². The maximum atomic E-state index is 14.1. The largest absolute Gasteiger partial charge is 0.329 e. The first-order chi connectivity index (χ1) is 12.3. The van der Waals surface area contributed by atoms with E-state index < -0.39 is 7.29 Å². The molecule has 0 saturated heterocycles. The Hall–Kier alpha value is -2.57. The van der Waals surface area contributed by atoms with Crippen LogP contribution < -0.4 is 15.7 Å². The van der Waals surface area contributed by atoms with Crippen LogP contribution in [0.1, 0.15) is 17.5 Å². The molecule has 4 rings (SSSR count). The summed E-state index contributed by atoms with van der Waals surface area (Å²) in [5.74, 6) is 0. The molecule has 1 aliphatic carbocycles. The monoisotopic (exact) mass is 345 g/mol. The van der Waals surface area contributed by atoms with Crippen molar-refractivity contribution in [3.8, 4) is 0 Å². The number of rotatable bonds is 4. The Morgan fingerprint density at radius 1 is 0.720 bits per heavy atom. The molecule has 1 aliphatic rings. The highest BCUT2D eigenvalue weighted by atomic mass is 31.2. The van der Waals surface area contributed by atoms with E-state index in [0.29, 0.717) is 0 Å². The van der Waals surface area contributed by atoms with Crippen molar-refractivity contribution in [3.63, 3.8) is 0 Å². The van der Waals surface area contributed by atoms with Crippen molar-refractivity contribution in [2.24, 2.45) is 0 Å². The normalized spacial score (nSPS) is 13.7. The van der Waals surface area contributed by atoms with Crippen LogP contribution in [0.5, 0.6) is 0 Å². The van der Waals surface area contributed by atoms with Crippen LogP contribution >= 0.6 is 7.29 Å². The van der Waals surface area contributed by atoms with Gasteiger partial charge in [0.1, 0.15) is 0 Å². The quantitative estimate of drug-likeness (QED) is 0.706. The molecule has 0 unspecified atom stereocenters. The molecule has 0 aliphatic heterocycles. The van der Waals surface area contributed by atoms with Gasteiger partial charge in [0, 0.05) is 21.9 Å². The van der Waals surface area contributed by atoms with Crippen molar-refractivity contribution < 1.29 is 4.57 Å². The van der Waals surface area contributed by atoms with Gasteiger partial charge in [0.05, 0.1) is 0 Å². The van der Waals surface area contributed by atoms with E-state index in [1.165, 1.54) is 5.56 Å². The third-order valence-corrected chi connectivity index (χ3v) is 7.19. The van der Waals surface area contributed by atoms with Crippen molar-refractivity contribution in [2.75, 3.05) is 0 Å². The van der Waals surface area contributed by atoms with Crippen LogP contribution in [-0.4, -0.2) is 0 Å². The van der Waals surface area contributed by atoms with E-state index in [4.69, 9.17) is 0 Å². The summed E-state index contributed by atoms with van der Waals surface area (Å²) in [6.07, 6.45) is 4.16. The molecule has 0 spiro atoms. The molecule has 0 radical (unpaired) electrons. The number of hydrogen-bond acceptors (Lipinski definition) is 1. The molecule has 0 bridgehead atoms. The summed E-state index contributed by atoms with van der Waals surface area (Å²) in [6, 6.07) is 27.8.